The number of hydrogen-bond donors (Lipinski definition) is 0. The van der Waals surface area contributed by atoms with Crippen LogP contribution in [0.5, 0.6) is 0 Å². The Morgan fingerprint density at radius 3 is 2.47 bits per heavy atom. The highest BCUT2D eigenvalue weighted by molar-refractivity contribution is 6.05. The summed E-state index contributed by atoms with van der Waals surface area (Å²) >= 11 is 0. The maximum Gasteiger partial charge on any atom is 0.289 e. The molecule has 1 aliphatic rings. The quantitative estimate of drug-likeness (QED) is 0.777. The molecule has 2 rings (SSSR count). The van der Waals surface area contributed by atoms with E-state index in [0.29, 0.717) is 11.3 Å². The number of hydrogen-bond acceptors (Lipinski definition) is 2. The third-order valence-electron chi connectivity index (χ3n) is 2.93. The van der Waals surface area contributed by atoms with E-state index < -0.39 is 18.6 Å². The first-order chi connectivity index (χ1) is 9.00. The van der Waals surface area contributed by atoms with Crippen molar-refractivity contribution in [3.63, 3.8) is 0 Å². The van der Waals surface area contributed by atoms with Gasteiger partial charge in [-0.2, -0.15) is 10.1 Å². The summed E-state index contributed by atoms with van der Waals surface area (Å²) in [5.41, 5.74) is 1.15. The third-order valence-corrected chi connectivity index (χ3v) is 2.93. The molecule has 0 saturated carbocycles. The predicted octanol–water partition coefficient (Wildman–Crippen LogP) is 2.82. The summed E-state index contributed by atoms with van der Waals surface area (Å²) < 4.78 is 38.1. The molecule has 0 radical (unpaired) electrons. The lowest BCUT2D eigenvalue weighted by atomic mass is 9.94. The molecule has 1 aromatic carbocycles. The Labute approximate surface area is 108 Å². The van der Waals surface area contributed by atoms with Crippen molar-refractivity contribution in [1.82, 2.24) is 5.01 Å². The number of alkyl halides is 3. The molecule has 0 aromatic heterocycles. The zero-order valence-electron chi connectivity index (χ0n) is 10.3. The van der Waals surface area contributed by atoms with Gasteiger partial charge in [0.25, 0.3) is 12.7 Å². The highest BCUT2D eigenvalue weighted by Gasteiger charge is 2.36. The van der Waals surface area contributed by atoms with Crippen LogP contribution < -0.4 is 0 Å². The van der Waals surface area contributed by atoms with Crippen molar-refractivity contribution in [2.45, 2.75) is 26.1 Å². The van der Waals surface area contributed by atoms with Crippen molar-refractivity contribution in [2.75, 3.05) is 0 Å². The van der Waals surface area contributed by atoms with E-state index in [4.69, 9.17) is 0 Å². The Kier molecular flexibility index (Phi) is 3.87. The molecule has 1 amide bonds. The van der Waals surface area contributed by atoms with Crippen LogP contribution in [0.2, 0.25) is 0 Å². The van der Waals surface area contributed by atoms with Gasteiger partial charge in [0.15, 0.2) is 0 Å². The second-order valence-corrected chi connectivity index (χ2v) is 4.40. The fourth-order valence-corrected chi connectivity index (χ4v) is 1.97. The molecule has 0 aliphatic carbocycles. The molecule has 0 saturated heterocycles. The van der Waals surface area contributed by atoms with Crippen LogP contribution >= 0.6 is 0 Å². The third kappa shape index (κ3) is 2.77. The number of rotatable bonds is 3. The van der Waals surface area contributed by atoms with Gasteiger partial charge in [0.2, 0.25) is 5.91 Å². The van der Waals surface area contributed by atoms with Gasteiger partial charge in [-0.1, -0.05) is 37.3 Å². The Morgan fingerprint density at radius 1 is 1.26 bits per heavy atom. The van der Waals surface area contributed by atoms with E-state index in [1.54, 1.807) is 37.3 Å². The van der Waals surface area contributed by atoms with Gasteiger partial charge in [0, 0.05) is 12.3 Å². The largest absolute Gasteiger partial charge is 0.289 e. The molecule has 0 fully saturated rings. The summed E-state index contributed by atoms with van der Waals surface area (Å²) in [6, 6.07) is 8.84. The molecule has 0 spiro atoms. The van der Waals surface area contributed by atoms with E-state index >= 15 is 0 Å². The van der Waals surface area contributed by atoms with E-state index in [-0.39, 0.29) is 17.3 Å². The molecule has 2 unspecified atom stereocenters. The summed E-state index contributed by atoms with van der Waals surface area (Å²) in [4.78, 5) is 11.6. The first kappa shape index (κ1) is 13.6. The van der Waals surface area contributed by atoms with Crippen LogP contribution in [0.25, 0.3) is 0 Å². The maximum atomic E-state index is 13.3. The molecule has 2 atom stereocenters. The van der Waals surface area contributed by atoms with E-state index in [0.717, 1.165) is 0 Å². The average molecular weight is 270 g/mol. The predicted molar refractivity (Wildman–Crippen MR) is 64.5 cm³/mol. The van der Waals surface area contributed by atoms with Crippen LogP contribution in [0.4, 0.5) is 13.2 Å². The minimum Gasteiger partial charge on any atom is -0.273 e. The lowest BCUT2D eigenvalue weighted by Gasteiger charge is -2.29. The standard InChI is InChI=1S/C13H13F3N2O/c1-8-7-10(19)18(13(16)12(14)15)17-11(8)9-5-3-2-4-6-9/h2-6,8,12-13H,7H2,1H3. The average Bonchev–Trinajstić information content (AvgIpc) is 2.39. The van der Waals surface area contributed by atoms with E-state index in [1.165, 1.54) is 0 Å². The number of benzene rings is 1. The van der Waals surface area contributed by atoms with Crippen LogP contribution in [0, 0.1) is 5.92 Å². The van der Waals surface area contributed by atoms with Crippen LogP contribution in [-0.4, -0.2) is 29.3 Å². The second kappa shape index (κ2) is 5.42. The van der Waals surface area contributed by atoms with E-state index in [1.807, 2.05) is 0 Å². The van der Waals surface area contributed by atoms with Crippen molar-refractivity contribution in [3.05, 3.63) is 35.9 Å². The molecule has 1 heterocycles. The Morgan fingerprint density at radius 2 is 1.89 bits per heavy atom. The normalized spacial score (nSPS) is 21.5. The molecule has 1 aromatic rings. The van der Waals surface area contributed by atoms with Crippen LogP contribution in [-0.2, 0) is 4.79 Å². The minimum absolute atomic E-state index is 0.0269. The zero-order chi connectivity index (χ0) is 14.0. The maximum absolute atomic E-state index is 13.3. The van der Waals surface area contributed by atoms with Gasteiger partial charge in [-0.05, 0) is 5.56 Å². The molecule has 0 bridgehead atoms. The van der Waals surface area contributed by atoms with Crippen LogP contribution in [0.1, 0.15) is 18.9 Å². The number of amides is 1. The SMILES string of the molecule is CC1CC(=O)N(C(F)C(F)F)N=C1c1ccccc1. The van der Waals surface area contributed by atoms with Crippen LogP contribution in [0.15, 0.2) is 35.4 Å². The molecule has 0 N–H and O–H groups in total. The molecule has 102 valence electrons. The zero-order valence-corrected chi connectivity index (χ0v) is 10.3. The monoisotopic (exact) mass is 270 g/mol. The van der Waals surface area contributed by atoms with E-state index in [9.17, 15) is 18.0 Å². The van der Waals surface area contributed by atoms with Gasteiger partial charge >= 0.3 is 0 Å². The number of nitrogens with zero attached hydrogens (tertiary/aromatic N) is 2. The minimum atomic E-state index is -3.27. The van der Waals surface area contributed by atoms with Crippen molar-refractivity contribution < 1.29 is 18.0 Å². The molecular formula is C13H13F3N2O. The van der Waals surface area contributed by atoms with Crippen molar-refractivity contribution in [3.8, 4) is 0 Å². The summed E-state index contributed by atoms with van der Waals surface area (Å²) in [6.07, 6.45) is -5.99. The lowest BCUT2D eigenvalue weighted by Crippen LogP contribution is -2.43. The van der Waals surface area contributed by atoms with Crippen molar-refractivity contribution >= 4 is 11.6 Å². The summed E-state index contributed by atoms with van der Waals surface area (Å²) in [5.74, 6) is -0.948. The molecule has 19 heavy (non-hydrogen) atoms. The summed E-state index contributed by atoms with van der Waals surface area (Å²) in [7, 11) is 0. The van der Waals surface area contributed by atoms with Gasteiger partial charge < -0.3 is 0 Å². The van der Waals surface area contributed by atoms with Crippen molar-refractivity contribution in [1.29, 1.82) is 0 Å². The lowest BCUT2D eigenvalue weighted by molar-refractivity contribution is -0.146. The number of carbonyl (C=O) groups excluding carboxylic acids is 1. The first-order valence-corrected chi connectivity index (χ1v) is 5.89. The second-order valence-electron chi connectivity index (χ2n) is 4.40. The van der Waals surface area contributed by atoms with Gasteiger partial charge in [-0.3, -0.25) is 4.79 Å². The van der Waals surface area contributed by atoms with Gasteiger partial charge in [0.1, 0.15) is 0 Å². The Bertz CT molecular complexity index is 490. The molecule has 6 heteroatoms. The fraction of sp³-hybridized carbons (Fsp3) is 0.385. The molecule has 1 aliphatic heterocycles. The molecular weight excluding hydrogens is 257 g/mol. The smallest absolute Gasteiger partial charge is 0.273 e. The Hall–Kier alpha value is -1.85. The number of halogens is 3. The summed E-state index contributed by atoms with van der Waals surface area (Å²) in [5, 5.41) is 4.04. The topological polar surface area (TPSA) is 32.7 Å². The summed E-state index contributed by atoms with van der Waals surface area (Å²) in [6.45, 7) is 1.76. The highest BCUT2D eigenvalue weighted by atomic mass is 19.3. The van der Waals surface area contributed by atoms with Crippen LogP contribution in [0.3, 0.4) is 0 Å². The Balaban J connectivity index is 2.36. The highest BCUT2D eigenvalue weighted by Crippen LogP contribution is 2.24. The first-order valence-electron chi connectivity index (χ1n) is 5.89. The van der Waals surface area contributed by atoms with Gasteiger partial charge in [-0.15, -0.1) is 0 Å². The molecule has 3 nitrogen and oxygen atoms in total. The van der Waals surface area contributed by atoms with Gasteiger partial charge in [-0.25, -0.2) is 13.2 Å². The van der Waals surface area contributed by atoms with Gasteiger partial charge in [0.05, 0.1) is 5.71 Å². The van der Waals surface area contributed by atoms with Crippen molar-refractivity contribution in [2.24, 2.45) is 11.0 Å². The number of carbonyl (C=O) groups is 1. The number of hydrazone groups is 1. The fourth-order valence-electron chi connectivity index (χ4n) is 1.97. The van der Waals surface area contributed by atoms with E-state index in [2.05, 4.69) is 5.10 Å².